The van der Waals surface area contributed by atoms with Gasteiger partial charge in [-0.15, -0.1) is 0 Å². The minimum atomic E-state index is 0.102. The third-order valence-corrected chi connectivity index (χ3v) is 3.73. The maximum Gasteiger partial charge on any atom is 0.234 e. The van der Waals surface area contributed by atoms with E-state index in [9.17, 15) is 4.79 Å². The highest BCUT2D eigenvalue weighted by atomic mass is 79.9. The van der Waals surface area contributed by atoms with Crippen molar-refractivity contribution in [2.45, 2.75) is 13.0 Å². The van der Waals surface area contributed by atoms with Gasteiger partial charge in [0.15, 0.2) is 0 Å². The molecule has 0 atom stereocenters. The summed E-state index contributed by atoms with van der Waals surface area (Å²) in [4.78, 5) is 14.1. The van der Waals surface area contributed by atoms with Crippen LogP contribution >= 0.6 is 15.9 Å². The molecule has 0 aliphatic carbocycles. The van der Waals surface area contributed by atoms with Crippen LogP contribution in [0.4, 0.5) is 0 Å². The molecular formula is C14H20BrN3O. The summed E-state index contributed by atoms with van der Waals surface area (Å²) in [6.45, 7) is 5.07. The second-order valence-electron chi connectivity index (χ2n) is 4.78. The van der Waals surface area contributed by atoms with Gasteiger partial charge >= 0.3 is 0 Å². The molecule has 0 bridgehead atoms. The summed E-state index contributed by atoms with van der Waals surface area (Å²) in [5.41, 5.74) is 1.12. The fourth-order valence-electron chi connectivity index (χ4n) is 2.12. The van der Waals surface area contributed by atoms with Crippen molar-refractivity contribution < 1.29 is 4.79 Å². The summed E-state index contributed by atoms with van der Waals surface area (Å²) in [5, 5.41) is 6.31. The average molecular weight is 326 g/mol. The van der Waals surface area contributed by atoms with Crippen LogP contribution in [0, 0.1) is 0 Å². The third-order valence-electron chi connectivity index (χ3n) is 3.20. The fourth-order valence-corrected chi connectivity index (χ4v) is 2.39. The lowest BCUT2D eigenvalue weighted by atomic mass is 10.2. The Labute approximate surface area is 122 Å². The first-order valence-corrected chi connectivity index (χ1v) is 7.47. The fraction of sp³-hybridized carbons (Fsp3) is 0.500. The number of amides is 1. The summed E-state index contributed by atoms with van der Waals surface area (Å²) < 4.78 is 1.06. The second-order valence-corrected chi connectivity index (χ2v) is 5.70. The summed E-state index contributed by atoms with van der Waals surface area (Å²) in [6, 6.07) is 8.00. The van der Waals surface area contributed by atoms with Crippen LogP contribution in [-0.2, 0) is 11.3 Å². The Morgan fingerprint density at radius 3 is 2.84 bits per heavy atom. The van der Waals surface area contributed by atoms with Gasteiger partial charge in [-0.1, -0.05) is 28.1 Å². The molecule has 1 aromatic rings. The summed E-state index contributed by atoms with van der Waals surface area (Å²) in [6.07, 6.45) is 1.11. The van der Waals surface area contributed by atoms with E-state index in [1.165, 1.54) is 0 Å². The molecule has 1 heterocycles. The Bertz CT molecular complexity index is 400. The van der Waals surface area contributed by atoms with Gasteiger partial charge in [-0.2, -0.15) is 0 Å². The minimum absolute atomic E-state index is 0.102. The highest BCUT2D eigenvalue weighted by Gasteiger charge is 2.12. The van der Waals surface area contributed by atoms with Crippen molar-refractivity contribution in [3.8, 4) is 0 Å². The molecule has 1 aliphatic rings. The van der Waals surface area contributed by atoms with Crippen molar-refractivity contribution in [1.82, 2.24) is 15.5 Å². The van der Waals surface area contributed by atoms with Gasteiger partial charge < -0.3 is 10.6 Å². The van der Waals surface area contributed by atoms with Gasteiger partial charge in [-0.05, 0) is 37.2 Å². The smallest absolute Gasteiger partial charge is 0.234 e. The van der Waals surface area contributed by atoms with E-state index in [1.54, 1.807) is 0 Å². The van der Waals surface area contributed by atoms with E-state index in [4.69, 9.17) is 0 Å². The number of carbonyl (C=O) groups is 1. The zero-order chi connectivity index (χ0) is 13.5. The predicted octanol–water partition coefficient (Wildman–Crippen LogP) is 1.36. The number of carbonyl (C=O) groups excluding carboxylic acids is 1. The molecule has 1 amide bonds. The van der Waals surface area contributed by atoms with Gasteiger partial charge in [-0.3, -0.25) is 9.69 Å². The largest absolute Gasteiger partial charge is 0.351 e. The molecule has 4 nitrogen and oxygen atoms in total. The van der Waals surface area contributed by atoms with E-state index in [0.717, 1.165) is 42.6 Å². The Balaban J connectivity index is 1.73. The first-order chi connectivity index (χ1) is 9.24. The third kappa shape index (κ3) is 5.30. The molecule has 104 valence electrons. The quantitative estimate of drug-likeness (QED) is 0.878. The Kier molecular flexibility index (Phi) is 5.82. The maximum atomic E-state index is 11.9. The average Bonchev–Trinajstić information content (AvgIpc) is 2.67. The molecule has 2 N–H and O–H groups in total. The van der Waals surface area contributed by atoms with Crippen LogP contribution in [-0.4, -0.2) is 43.5 Å². The summed E-state index contributed by atoms with van der Waals surface area (Å²) in [7, 11) is 0. The monoisotopic (exact) mass is 325 g/mol. The number of nitrogens with one attached hydrogen (secondary N) is 2. The molecule has 1 aliphatic heterocycles. The lowest BCUT2D eigenvalue weighted by Crippen LogP contribution is -2.38. The molecule has 1 fully saturated rings. The second kappa shape index (κ2) is 7.62. The molecule has 0 saturated carbocycles. The maximum absolute atomic E-state index is 11.9. The highest BCUT2D eigenvalue weighted by molar-refractivity contribution is 9.10. The number of benzene rings is 1. The zero-order valence-electron chi connectivity index (χ0n) is 11.0. The Morgan fingerprint density at radius 1 is 1.26 bits per heavy atom. The summed E-state index contributed by atoms with van der Waals surface area (Å²) >= 11 is 3.40. The number of nitrogens with zero attached hydrogens (tertiary/aromatic N) is 1. The molecule has 2 rings (SSSR count). The normalized spacial score (nSPS) is 16.9. The van der Waals surface area contributed by atoms with Crippen molar-refractivity contribution in [2.24, 2.45) is 0 Å². The van der Waals surface area contributed by atoms with Crippen molar-refractivity contribution >= 4 is 21.8 Å². The van der Waals surface area contributed by atoms with Crippen molar-refractivity contribution in [2.75, 3.05) is 32.7 Å². The van der Waals surface area contributed by atoms with Crippen LogP contribution in [0.15, 0.2) is 28.7 Å². The highest BCUT2D eigenvalue weighted by Crippen LogP contribution is 2.10. The molecule has 0 aromatic heterocycles. The molecule has 19 heavy (non-hydrogen) atoms. The van der Waals surface area contributed by atoms with Crippen LogP contribution in [0.2, 0.25) is 0 Å². The van der Waals surface area contributed by atoms with E-state index < -0.39 is 0 Å². The van der Waals surface area contributed by atoms with Gasteiger partial charge in [-0.25, -0.2) is 0 Å². The standard InChI is InChI=1S/C14H20BrN3O/c15-13-4-2-12(3-5-13)10-17-14(19)11-18-8-1-6-16-7-9-18/h2-5,16H,1,6-11H2,(H,17,19). The number of hydrogen-bond donors (Lipinski definition) is 2. The minimum Gasteiger partial charge on any atom is -0.351 e. The number of hydrogen-bond acceptors (Lipinski definition) is 3. The van der Waals surface area contributed by atoms with Crippen LogP contribution < -0.4 is 10.6 Å². The predicted molar refractivity (Wildman–Crippen MR) is 79.9 cm³/mol. The SMILES string of the molecule is O=C(CN1CCCNCC1)NCc1ccc(Br)cc1. The Morgan fingerprint density at radius 2 is 2.05 bits per heavy atom. The zero-order valence-corrected chi connectivity index (χ0v) is 12.6. The molecule has 5 heteroatoms. The molecule has 0 spiro atoms. The van der Waals surface area contributed by atoms with Gasteiger partial charge in [0.25, 0.3) is 0 Å². The molecule has 0 radical (unpaired) electrons. The van der Waals surface area contributed by atoms with Crippen molar-refractivity contribution in [1.29, 1.82) is 0 Å². The van der Waals surface area contributed by atoms with Gasteiger partial charge in [0.1, 0.15) is 0 Å². The van der Waals surface area contributed by atoms with Gasteiger partial charge in [0, 0.05) is 24.1 Å². The van der Waals surface area contributed by atoms with E-state index in [2.05, 4.69) is 31.5 Å². The first kappa shape index (κ1) is 14.5. The topological polar surface area (TPSA) is 44.4 Å². The van der Waals surface area contributed by atoms with Gasteiger partial charge in [0.05, 0.1) is 6.54 Å². The first-order valence-electron chi connectivity index (χ1n) is 6.68. The van der Waals surface area contributed by atoms with Gasteiger partial charge in [0.2, 0.25) is 5.91 Å². The van der Waals surface area contributed by atoms with Crippen LogP contribution in [0.5, 0.6) is 0 Å². The Hall–Kier alpha value is -0.910. The van der Waals surface area contributed by atoms with E-state index >= 15 is 0 Å². The molecule has 1 saturated heterocycles. The van der Waals surface area contributed by atoms with Crippen LogP contribution in [0.3, 0.4) is 0 Å². The van der Waals surface area contributed by atoms with E-state index in [-0.39, 0.29) is 5.91 Å². The summed E-state index contributed by atoms with van der Waals surface area (Å²) in [5.74, 6) is 0.102. The number of rotatable bonds is 4. The lowest BCUT2D eigenvalue weighted by molar-refractivity contribution is -0.122. The molecule has 1 aromatic carbocycles. The van der Waals surface area contributed by atoms with Crippen LogP contribution in [0.25, 0.3) is 0 Å². The lowest BCUT2D eigenvalue weighted by Gasteiger charge is -2.18. The molecule has 0 unspecified atom stereocenters. The van der Waals surface area contributed by atoms with Crippen LogP contribution in [0.1, 0.15) is 12.0 Å². The number of halogens is 1. The molecular weight excluding hydrogens is 306 g/mol. The van der Waals surface area contributed by atoms with E-state index in [1.807, 2.05) is 24.3 Å². The van der Waals surface area contributed by atoms with E-state index in [0.29, 0.717) is 13.1 Å². The van der Waals surface area contributed by atoms with Crippen molar-refractivity contribution in [3.63, 3.8) is 0 Å². The van der Waals surface area contributed by atoms with Crippen molar-refractivity contribution in [3.05, 3.63) is 34.3 Å².